The maximum atomic E-state index is 14.0. The fourth-order valence-electron chi connectivity index (χ4n) is 3.88. The normalized spacial score (nSPS) is 22.6. The predicted molar refractivity (Wildman–Crippen MR) is 125 cm³/mol. The second-order valence-electron chi connectivity index (χ2n) is 8.02. The Morgan fingerprint density at radius 2 is 1.06 bits per heavy atom. The molecule has 1 fully saturated rings. The fraction of sp³-hybridized carbons (Fsp3) is 0.286. The third-order valence-corrected chi connectivity index (χ3v) is 5.60. The summed E-state index contributed by atoms with van der Waals surface area (Å²) in [5.41, 5.74) is 3.01. The van der Waals surface area contributed by atoms with Gasteiger partial charge in [-0.25, -0.2) is 4.39 Å². The standard InChI is InChI=1S/C28H29FO4/c1-21-26(30-18-22-11-5-2-6-12-22)28(32-20-24-15-9-4-10-16-24)27(25(17-29)33-21)31-19-23-13-7-3-8-14-23/h2-16,25-28H,1,17-20H2/t25-,26+,27-,28-/m1/s1. The van der Waals surface area contributed by atoms with E-state index >= 15 is 0 Å². The Balaban J connectivity index is 1.54. The van der Waals surface area contributed by atoms with Crippen LogP contribution in [0.2, 0.25) is 0 Å². The maximum Gasteiger partial charge on any atom is 0.155 e. The van der Waals surface area contributed by atoms with Crippen LogP contribution in [0, 0.1) is 0 Å². The van der Waals surface area contributed by atoms with Crippen LogP contribution in [0.4, 0.5) is 4.39 Å². The molecule has 4 atom stereocenters. The molecule has 1 saturated heterocycles. The first-order chi connectivity index (χ1) is 16.2. The molecule has 4 rings (SSSR count). The second-order valence-corrected chi connectivity index (χ2v) is 8.02. The Hall–Kier alpha value is -2.99. The van der Waals surface area contributed by atoms with Gasteiger partial charge in [-0.2, -0.15) is 0 Å². The van der Waals surface area contributed by atoms with Crippen LogP contribution in [0.25, 0.3) is 0 Å². The van der Waals surface area contributed by atoms with Gasteiger partial charge in [-0.05, 0) is 16.7 Å². The van der Waals surface area contributed by atoms with Crippen LogP contribution >= 0.6 is 0 Å². The van der Waals surface area contributed by atoms with Gasteiger partial charge in [0.1, 0.15) is 30.7 Å². The molecule has 1 aliphatic rings. The van der Waals surface area contributed by atoms with E-state index in [0.717, 1.165) is 16.7 Å². The molecule has 0 radical (unpaired) electrons. The minimum Gasteiger partial charge on any atom is -0.487 e. The summed E-state index contributed by atoms with van der Waals surface area (Å²) in [5, 5.41) is 0. The number of hydrogen-bond donors (Lipinski definition) is 0. The summed E-state index contributed by atoms with van der Waals surface area (Å²) in [5.74, 6) is 0.353. The molecule has 0 saturated carbocycles. The van der Waals surface area contributed by atoms with Gasteiger partial charge in [0, 0.05) is 0 Å². The number of hydrogen-bond acceptors (Lipinski definition) is 4. The third kappa shape index (κ3) is 6.29. The molecule has 0 bridgehead atoms. The first-order valence-electron chi connectivity index (χ1n) is 11.1. The molecule has 3 aromatic rings. The van der Waals surface area contributed by atoms with Crippen molar-refractivity contribution in [3.8, 4) is 0 Å². The quantitative estimate of drug-likeness (QED) is 0.403. The van der Waals surface area contributed by atoms with Crippen molar-refractivity contribution in [1.82, 2.24) is 0 Å². The van der Waals surface area contributed by atoms with Crippen molar-refractivity contribution in [3.63, 3.8) is 0 Å². The second kappa shape index (κ2) is 11.8. The van der Waals surface area contributed by atoms with Gasteiger partial charge >= 0.3 is 0 Å². The highest BCUT2D eigenvalue weighted by molar-refractivity contribution is 5.17. The van der Waals surface area contributed by atoms with Crippen LogP contribution in [-0.4, -0.2) is 31.1 Å². The summed E-state index contributed by atoms with van der Waals surface area (Å²) < 4.78 is 38.5. The van der Waals surface area contributed by atoms with Gasteiger partial charge < -0.3 is 18.9 Å². The molecule has 4 nitrogen and oxygen atoms in total. The number of halogens is 1. The van der Waals surface area contributed by atoms with Crippen LogP contribution < -0.4 is 0 Å². The van der Waals surface area contributed by atoms with Crippen molar-refractivity contribution in [1.29, 1.82) is 0 Å². The summed E-state index contributed by atoms with van der Waals surface area (Å²) in [6.07, 6.45) is -2.67. The van der Waals surface area contributed by atoms with Crippen molar-refractivity contribution >= 4 is 0 Å². The van der Waals surface area contributed by atoms with Crippen molar-refractivity contribution in [3.05, 3.63) is 120 Å². The summed E-state index contributed by atoms with van der Waals surface area (Å²) in [7, 11) is 0. The molecular formula is C28H29FO4. The lowest BCUT2D eigenvalue weighted by molar-refractivity contribution is -0.216. The van der Waals surface area contributed by atoms with E-state index in [1.54, 1.807) is 0 Å². The van der Waals surface area contributed by atoms with Crippen molar-refractivity contribution in [2.75, 3.05) is 6.67 Å². The summed E-state index contributed by atoms with van der Waals surface area (Å²) in [6, 6.07) is 29.5. The summed E-state index contributed by atoms with van der Waals surface area (Å²) in [6.45, 7) is 4.31. The lowest BCUT2D eigenvalue weighted by atomic mass is 9.97. The zero-order chi connectivity index (χ0) is 22.9. The molecule has 1 aliphatic heterocycles. The molecule has 0 aromatic heterocycles. The average molecular weight is 449 g/mol. The number of ether oxygens (including phenoxy) is 4. The molecule has 33 heavy (non-hydrogen) atoms. The molecule has 172 valence electrons. The maximum absolute atomic E-state index is 14.0. The molecular weight excluding hydrogens is 419 g/mol. The first kappa shape index (κ1) is 23.2. The topological polar surface area (TPSA) is 36.9 Å². The van der Waals surface area contributed by atoms with Crippen LogP contribution in [0.1, 0.15) is 16.7 Å². The predicted octanol–water partition coefficient (Wildman–Crippen LogP) is 5.62. The Kier molecular flexibility index (Phi) is 8.25. The van der Waals surface area contributed by atoms with E-state index in [1.165, 1.54) is 0 Å². The molecule has 0 N–H and O–H groups in total. The fourth-order valence-corrected chi connectivity index (χ4v) is 3.88. The number of rotatable bonds is 10. The van der Waals surface area contributed by atoms with Crippen LogP contribution in [-0.2, 0) is 38.8 Å². The van der Waals surface area contributed by atoms with Crippen molar-refractivity contribution < 1.29 is 23.3 Å². The third-order valence-electron chi connectivity index (χ3n) is 5.60. The summed E-state index contributed by atoms with van der Waals surface area (Å²) >= 11 is 0. The van der Waals surface area contributed by atoms with E-state index < -0.39 is 31.1 Å². The van der Waals surface area contributed by atoms with Gasteiger partial charge in [0.05, 0.1) is 19.8 Å². The highest BCUT2D eigenvalue weighted by Gasteiger charge is 2.45. The van der Waals surface area contributed by atoms with E-state index in [9.17, 15) is 4.39 Å². The molecule has 5 heteroatoms. The molecule has 0 amide bonds. The van der Waals surface area contributed by atoms with Crippen LogP contribution in [0.5, 0.6) is 0 Å². The number of alkyl halides is 1. The Morgan fingerprint density at radius 1 is 0.636 bits per heavy atom. The lowest BCUT2D eigenvalue weighted by Gasteiger charge is -2.42. The SMILES string of the molecule is C=C1O[C@H](CF)[C@@H](OCc2ccccc2)[C@H](OCc2ccccc2)[C@H]1OCc1ccccc1. The lowest BCUT2D eigenvalue weighted by Crippen LogP contribution is -2.55. The van der Waals surface area contributed by atoms with E-state index in [0.29, 0.717) is 25.6 Å². The van der Waals surface area contributed by atoms with E-state index in [2.05, 4.69) is 6.58 Å². The first-order valence-corrected chi connectivity index (χ1v) is 11.1. The summed E-state index contributed by atoms with van der Waals surface area (Å²) in [4.78, 5) is 0. The van der Waals surface area contributed by atoms with Crippen molar-refractivity contribution in [2.45, 2.75) is 44.2 Å². The van der Waals surface area contributed by atoms with E-state index in [-0.39, 0.29) is 0 Å². The Labute approximate surface area is 194 Å². The molecule has 0 aliphatic carbocycles. The monoisotopic (exact) mass is 448 g/mol. The van der Waals surface area contributed by atoms with Crippen molar-refractivity contribution in [2.24, 2.45) is 0 Å². The smallest absolute Gasteiger partial charge is 0.155 e. The Morgan fingerprint density at radius 3 is 1.52 bits per heavy atom. The van der Waals surface area contributed by atoms with Crippen LogP contribution in [0.15, 0.2) is 103 Å². The zero-order valence-corrected chi connectivity index (χ0v) is 18.5. The van der Waals surface area contributed by atoms with Gasteiger partial charge in [-0.3, -0.25) is 0 Å². The average Bonchev–Trinajstić information content (AvgIpc) is 2.87. The van der Waals surface area contributed by atoms with E-state index in [4.69, 9.17) is 18.9 Å². The highest BCUT2D eigenvalue weighted by Crippen LogP contribution is 2.32. The number of benzene rings is 3. The minimum atomic E-state index is -0.821. The molecule has 1 heterocycles. The molecule has 0 spiro atoms. The Bertz CT molecular complexity index is 981. The zero-order valence-electron chi connectivity index (χ0n) is 18.5. The minimum absolute atomic E-state index is 0.314. The van der Waals surface area contributed by atoms with Gasteiger partial charge in [0.2, 0.25) is 0 Å². The molecule has 3 aromatic carbocycles. The van der Waals surface area contributed by atoms with Crippen LogP contribution in [0.3, 0.4) is 0 Å². The van der Waals surface area contributed by atoms with E-state index in [1.807, 2.05) is 91.0 Å². The molecule has 0 unspecified atom stereocenters. The largest absolute Gasteiger partial charge is 0.487 e. The van der Waals surface area contributed by atoms with Gasteiger partial charge in [0.25, 0.3) is 0 Å². The van der Waals surface area contributed by atoms with Gasteiger partial charge in [-0.1, -0.05) is 97.6 Å². The van der Waals surface area contributed by atoms with Gasteiger partial charge in [0.15, 0.2) is 6.10 Å². The highest BCUT2D eigenvalue weighted by atomic mass is 19.1. The van der Waals surface area contributed by atoms with Gasteiger partial charge in [-0.15, -0.1) is 0 Å².